The Morgan fingerprint density at radius 3 is 2.85 bits per heavy atom. The molecule has 0 saturated heterocycles. The highest BCUT2D eigenvalue weighted by atomic mass is 16.5. The summed E-state index contributed by atoms with van der Waals surface area (Å²) in [4.78, 5) is 18.2. The number of carbonyl (C=O) groups is 1. The minimum absolute atomic E-state index is 0.0815. The molecule has 5 heteroatoms. The van der Waals surface area contributed by atoms with Crippen LogP contribution in [-0.4, -0.2) is 28.5 Å². The number of hydrogen-bond donors (Lipinski definition) is 1. The van der Waals surface area contributed by atoms with Gasteiger partial charge in [-0.25, -0.2) is 4.98 Å². The second-order valence-electron chi connectivity index (χ2n) is 6.65. The Kier molecular flexibility index (Phi) is 3.60. The van der Waals surface area contributed by atoms with Gasteiger partial charge in [-0.1, -0.05) is 30.3 Å². The Balaban J connectivity index is 1.69. The molecule has 3 heterocycles. The van der Waals surface area contributed by atoms with Gasteiger partial charge in [0.25, 0.3) is 0 Å². The maximum atomic E-state index is 13.4. The van der Waals surface area contributed by atoms with Crippen LogP contribution in [0, 0.1) is 0 Å². The lowest BCUT2D eigenvalue weighted by atomic mass is 10.0. The molecule has 0 fully saturated rings. The first-order valence-electron chi connectivity index (χ1n) is 8.99. The Morgan fingerprint density at radius 2 is 1.96 bits per heavy atom. The number of hydrogen-bond acceptors (Lipinski definition) is 4. The summed E-state index contributed by atoms with van der Waals surface area (Å²) in [5.41, 5.74) is 4.75. The third-order valence-electron chi connectivity index (χ3n) is 5.06. The molecule has 0 amide bonds. The van der Waals surface area contributed by atoms with Gasteiger partial charge in [0.2, 0.25) is 5.78 Å². The van der Waals surface area contributed by atoms with E-state index in [1.54, 1.807) is 0 Å². The summed E-state index contributed by atoms with van der Waals surface area (Å²) in [7, 11) is 0. The molecule has 130 valence electrons. The summed E-state index contributed by atoms with van der Waals surface area (Å²) in [5, 5.41) is 3.34. The standard InChI is InChI=1S/C21H19N3O2/c25-19(16-8-4-5-14-10-12-26-20(14)16)21-23-17-13-22-11-9-18(17)24(21)15-6-2-1-3-7-15/h1-8,22H,9-13H2. The Bertz CT molecular complexity index is 992. The first kappa shape index (κ1) is 15.3. The molecular formula is C21H19N3O2. The van der Waals surface area contributed by atoms with Gasteiger partial charge >= 0.3 is 0 Å². The van der Waals surface area contributed by atoms with Gasteiger partial charge in [-0.2, -0.15) is 0 Å². The van der Waals surface area contributed by atoms with Gasteiger partial charge in [0.05, 0.1) is 17.9 Å². The highest BCUT2D eigenvalue weighted by Crippen LogP contribution is 2.32. The van der Waals surface area contributed by atoms with E-state index in [9.17, 15) is 4.79 Å². The summed E-state index contributed by atoms with van der Waals surface area (Å²) in [6, 6.07) is 15.8. The average Bonchev–Trinajstić information content (AvgIpc) is 3.32. The first-order chi connectivity index (χ1) is 12.8. The Labute approximate surface area is 151 Å². The predicted molar refractivity (Wildman–Crippen MR) is 98.0 cm³/mol. The molecule has 0 spiro atoms. The lowest BCUT2D eigenvalue weighted by Gasteiger charge is -2.16. The molecule has 1 aromatic heterocycles. The molecule has 2 aliphatic rings. The van der Waals surface area contributed by atoms with Crippen LogP contribution in [0.3, 0.4) is 0 Å². The maximum Gasteiger partial charge on any atom is 0.232 e. The first-order valence-corrected chi connectivity index (χ1v) is 8.99. The zero-order valence-electron chi connectivity index (χ0n) is 14.4. The van der Waals surface area contributed by atoms with Crippen molar-refractivity contribution in [1.82, 2.24) is 14.9 Å². The molecule has 0 radical (unpaired) electrons. The number of imidazole rings is 1. The van der Waals surface area contributed by atoms with Gasteiger partial charge in [-0.05, 0) is 23.8 Å². The zero-order valence-corrected chi connectivity index (χ0v) is 14.4. The van der Waals surface area contributed by atoms with Crippen LogP contribution >= 0.6 is 0 Å². The monoisotopic (exact) mass is 345 g/mol. The van der Waals surface area contributed by atoms with Crippen molar-refractivity contribution in [2.75, 3.05) is 13.2 Å². The van der Waals surface area contributed by atoms with Gasteiger partial charge < -0.3 is 10.1 Å². The number of aromatic nitrogens is 2. The fourth-order valence-electron chi connectivity index (χ4n) is 3.83. The van der Waals surface area contributed by atoms with Crippen molar-refractivity contribution in [1.29, 1.82) is 0 Å². The van der Waals surface area contributed by atoms with Crippen LogP contribution in [0.5, 0.6) is 5.75 Å². The minimum Gasteiger partial charge on any atom is -0.492 e. The molecule has 2 aliphatic heterocycles. The van der Waals surface area contributed by atoms with Crippen molar-refractivity contribution in [3.63, 3.8) is 0 Å². The van der Waals surface area contributed by atoms with Crippen LogP contribution in [0.2, 0.25) is 0 Å². The Hall–Kier alpha value is -2.92. The number of para-hydroxylation sites is 2. The molecule has 0 bridgehead atoms. The van der Waals surface area contributed by atoms with E-state index >= 15 is 0 Å². The van der Waals surface area contributed by atoms with Crippen LogP contribution in [0.1, 0.15) is 33.1 Å². The zero-order chi connectivity index (χ0) is 17.5. The molecular weight excluding hydrogens is 326 g/mol. The van der Waals surface area contributed by atoms with Crippen molar-refractivity contribution >= 4 is 5.78 Å². The van der Waals surface area contributed by atoms with E-state index in [0.717, 1.165) is 47.8 Å². The molecule has 5 nitrogen and oxygen atoms in total. The van der Waals surface area contributed by atoms with E-state index in [2.05, 4.69) is 5.32 Å². The summed E-state index contributed by atoms with van der Waals surface area (Å²) < 4.78 is 7.77. The van der Waals surface area contributed by atoms with Crippen LogP contribution < -0.4 is 10.1 Å². The largest absolute Gasteiger partial charge is 0.492 e. The van der Waals surface area contributed by atoms with Crippen molar-refractivity contribution in [3.8, 4) is 11.4 Å². The fourth-order valence-corrected chi connectivity index (χ4v) is 3.83. The van der Waals surface area contributed by atoms with Crippen LogP contribution in [0.4, 0.5) is 0 Å². The van der Waals surface area contributed by atoms with E-state index in [1.165, 1.54) is 0 Å². The number of nitrogens with one attached hydrogen (secondary N) is 1. The van der Waals surface area contributed by atoms with E-state index in [4.69, 9.17) is 9.72 Å². The predicted octanol–water partition coefficient (Wildman–Crippen LogP) is 2.68. The molecule has 2 aromatic carbocycles. The van der Waals surface area contributed by atoms with Crippen LogP contribution in [-0.2, 0) is 19.4 Å². The van der Waals surface area contributed by atoms with Gasteiger partial charge in [-0.15, -0.1) is 0 Å². The number of carbonyl (C=O) groups excluding carboxylic acids is 1. The van der Waals surface area contributed by atoms with E-state index in [0.29, 0.717) is 24.5 Å². The molecule has 0 atom stereocenters. The van der Waals surface area contributed by atoms with E-state index in [1.807, 2.05) is 53.1 Å². The molecule has 0 saturated carbocycles. The van der Waals surface area contributed by atoms with Crippen molar-refractivity contribution in [3.05, 3.63) is 76.9 Å². The lowest BCUT2D eigenvalue weighted by Crippen LogP contribution is -2.24. The summed E-state index contributed by atoms with van der Waals surface area (Å²) in [5.74, 6) is 1.10. The summed E-state index contributed by atoms with van der Waals surface area (Å²) >= 11 is 0. The quantitative estimate of drug-likeness (QED) is 0.742. The van der Waals surface area contributed by atoms with Gasteiger partial charge in [0.15, 0.2) is 5.82 Å². The topological polar surface area (TPSA) is 56.1 Å². The van der Waals surface area contributed by atoms with Crippen molar-refractivity contribution in [2.24, 2.45) is 0 Å². The number of benzene rings is 2. The number of ketones is 1. The SMILES string of the molecule is O=C(c1cccc2c1OCC2)c1nc2c(n1-c1ccccc1)CCNC2. The van der Waals surface area contributed by atoms with Gasteiger partial charge in [-0.3, -0.25) is 9.36 Å². The Morgan fingerprint density at radius 1 is 1.08 bits per heavy atom. The number of fused-ring (bicyclic) bond motifs is 2. The number of ether oxygens (including phenoxy) is 1. The highest BCUT2D eigenvalue weighted by Gasteiger charge is 2.28. The van der Waals surface area contributed by atoms with Gasteiger partial charge in [0.1, 0.15) is 5.75 Å². The van der Waals surface area contributed by atoms with Crippen LogP contribution in [0.25, 0.3) is 5.69 Å². The highest BCUT2D eigenvalue weighted by molar-refractivity contribution is 6.09. The molecule has 0 unspecified atom stereocenters. The lowest BCUT2D eigenvalue weighted by molar-refractivity contribution is 0.102. The number of rotatable bonds is 3. The smallest absolute Gasteiger partial charge is 0.232 e. The molecule has 1 N–H and O–H groups in total. The summed E-state index contributed by atoms with van der Waals surface area (Å²) in [6.45, 7) is 2.22. The normalized spacial score (nSPS) is 15.2. The maximum absolute atomic E-state index is 13.4. The second-order valence-corrected chi connectivity index (χ2v) is 6.65. The molecule has 26 heavy (non-hydrogen) atoms. The molecule has 3 aromatic rings. The minimum atomic E-state index is -0.0815. The van der Waals surface area contributed by atoms with E-state index < -0.39 is 0 Å². The molecule has 5 rings (SSSR count). The third kappa shape index (κ3) is 2.35. The fraction of sp³-hybridized carbons (Fsp3) is 0.238. The van der Waals surface area contributed by atoms with Crippen molar-refractivity contribution < 1.29 is 9.53 Å². The summed E-state index contributed by atoms with van der Waals surface area (Å²) in [6.07, 6.45) is 1.71. The van der Waals surface area contributed by atoms with Crippen molar-refractivity contribution in [2.45, 2.75) is 19.4 Å². The number of nitrogens with zero attached hydrogens (tertiary/aromatic N) is 2. The van der Waals surface area contributed by atoms with Gasteiger partial charge in [0, 0.05) is 37.3 Å². The third-order valence-corrected chi connectivity index (χ3v) is 5.06. The average molecular weight is 345 g/mol. The van der Waals surface area contributed by atoms with E-state index in [-0.39, 0.29) is 5.78 Å². The second kappa shape index (κ2) is 6.11. The van der Waals surface area contributed by atoms with Crippen LogP contribution in [0.15, 0.2) is 48.5 Å². The molecule has 0 aliphatic carbocycles.